The molecular weight excluding hydrogens is 336 g/mol. The second-order valence-electron chi connectivity index (χ2n) is 4.95. The number of rotatable bonds is 4. The molecule has 0 unspecified atom stereocenters. The van der Waals surface area contributed by atoms with Crippen LogP contribution >= 0.6 is 27.5 Å². The average Bonchev–Trinajstić information content (AvgIpc) is 2.41. The maximum atomic E-state index is 6.21. The zero-order chi connectivity index (χ0) is 14.7. The summed E-state index contributed by atoms with van der Waals surface area (Å²) < 4.78 is 1.04. The van der Waals surface area contributed by atoms with E-state index in [1.54, 1.807) is 0 Å². The first-order valence-electron chi connectivity index (χ1n) is 6.48. The van der Waals surface area contributed by atoms with Gasteiger partial charge in [0.2, 0.25) is 0 Å². The summed E-state index contributed by atoms with van der Waals surface area (Å²) in [5.41, 5.74) is 9.25. The summed E-state index contributed by atoms with van der Waals surface area (Å²) in [5.74, 6) is 0. The fourth-order valence-corrected chi connectivity index (χ4v) is 2.98. The minimum atomic E-state index is 0.0363. The van der Waals surface area contributed by atoms with Gasteiger partial charge in [-0.2, -0.15) is 0 Å². The van der Waals surface area contributed by atoms with Gasteiger partial charge in [0.1, 0.15) is 0 Å². The maximum Gasteiger partial charge on any atom is 0.0511 e. The summed E-state index contributed by atoms with van der Waals surface area (Å²) in [6.45, 7) is 2.74. The zero-order valence-corrected chi connectivity index (χ0v) is 13.9. The minimum Gasteiger partial charge on any atom is -0.369 e. The molecule has 0 heterocycles. The fourth-order valence-electron chi connectivity index (χ4n) is 2.08. The van der Waals surface area contributed by atoms with E-state index in [4.69, 9.17) is 17.3 Å². The third-order valence-electron chi connectivity index (χ3n) is 3.27. The van der Waals surface area contributed by atoms with Crippen molar-refractivity contribution in [3.8, 4) is 0 Å². The monoisotopic (exact) mass is 352 g/mol. The Labute approximate surface area is 133 Å². The van der Waals surface area contributed by atoms with Crippen molar-refractivity contribution in [1.82, 2.24) is 0 Å². The van der Waals surface area contributed by atoms with Crippen LogP contribution in [0, 0.1) is 0 Å². The van der Waals surface area contributed by atoms with Crippen molar-refractivity contribution in [2.45, 2.75) is 19.5 Å². The number of nitrogens with two attached hydrogens (primary N) is 1. The standard InChI is InChI=1S/C16H18BrClN2/c1-11(19)12-7-8-16(14(17)9-12)20(2)10-13-5-3-4-6-15(13)18/h3-9,11H,10,19H2,1-2H3/t11-/m1/s1. The Morgan fingerprint density at radius 1 is 1.25 bits per heavy atom. The van der Waals surface area contributed by atoms with E-state index in [0.717, 1.165) is 32.9 Å². The van der Waals surface area contributed by atoms with Gasteiger partial charge in [0, 0.05) is 29.1 Å². The molecule has 0 amide bonds. The molecule has 0 aliphatic heterocycles. The van der Waals surface area contributed by atoms with Crippen LogP contribution < -0.4 is 10.6 Å². The molecule has 4 heteroatoms. The smallest absolute Gasteiger partial charge is 0.0511 e. The Hall–Kier alpha value is -1.03. The van der Waals surface area contributed by atoms with Crippen LogP contribution in [0.5, 0.6) is 0 Å². The molecule has 0 aliphatic carbocycles. The third-order valence-corrected chi connectivity index (χ3v) is 4.28. The molecule has 0 fully saturated rings. The Morgan fingerprint density at radius 2 is 1.95 bits per heavy atom. The molecular formula is C16H18BrClN2. The number of hydrogen-bond donors (Lipinski definition) is 1. The highest BCUT2D eigenvalue weighted by atomic mass is 79.9. The van der Waals surface area contributed by atoms with E-state index in [9.17, 15) is 0 Å². The van der Waals surface area contributed by atoms with Gasteiger partial charge in [-0.1, -0.05) is 35.9 Å². The van der Waals surface area contributed by atoms with Gasteiger partial charge in [-0.3, -0.25) is 0 Å². The van der Waals surface area contributed by atoms with Gasteiger partial charge in [-0.05, 0) is 52.2 Å². The first-order chi connectivity index (χ1) is 9.49. The number of benzene rings is 2. The van der Waals surface area contributed by atoms with Crippen LogP contribution in [0.25, 0.3) is 0 Å². The van der Waals surface area contributed by atoms with Crippen molar-refractivity contribution >= 4 is 33.2 Å². The van der Waals surface area contributed by atoms with Crippen molar-refractivity contribution in [3.05, 3.63) is 63.1 Å². The van der Waals surface area contributed by atoms with Gasteiger partial charge in [0.05, 0.1) is 5.69 Å². The molecule has 0 radical (unpaired) electrons. The van der Waals surface area contributed by atoms with E-state index in [1.807, 2.05) is 31.2 Å². The lowest BCUT2D eigenvalue weighted by Gasteiger charge is -2.22. The molecule has 0 aliphatic rings. The lowest BCUT2D eigenvalue weighted by Crippen LogP contribution is -2.17. The van der Waals surface area contributed by atoms with Crippen LogP contribution in [0.3, 0.4) is 0 Å². The van der Waals surface area contributed by atoms with Crippen LogP contribution in [0.15, 0.2) is 46.9 Å². The van der Waals surface area contributed by atoms with Gasteiger partial charge in [0.25, 0.3) is 0 Å². The molecule has 0 spiro atoms. The molecule has 2 aromatic rings. The number of nitrogens with zero attached hydrogens (tertiary/aromatic N) is 1. The van der Waals surface area contributed by atoms with E-state index in [2.05, 4.69) is 46.1 Å². The summed E-state index contributed by atoms with van der Waals surface area (Å²) in [6, 6.07) is 14.2. The molecule has 1 atom stereocenters. The third kappa shape index (κ3) is 3.54. The second kappa shape index (κ2) is 6.61. The average molecular weight is 354 g/mol. The summed E-state index contributed by atoms with van der Waals surface area (Å²) in [6.07, 6.45) is 0. The van der Waals surface area contributed by atoms with Crippen molar-refractivity contribution in [3.63, 3.8) is 0 Å². The predicted octanol–water partition coefficient (Wildman–Crippen LogP) is 4.76. The van der Waals surface area contributed by atoms with E-state index in [0.29, 0.717) is 0 Å². The molecule has 106 valence electrons. The molecule has 2 nitrogen and oxygen atoms in total. The van der Waals surface area contributed by atoms with Crippen LogP contribution in [-0.4, -0.2) is 7.05 Å². The summed E-state index contributed by atoms with van der Waals surface area (Å²) in [7, 11) is 2.05. The van der Waals surface area contributed by atoms with Crippen LogP contribution in [0.1, 0.15) is 24.1 Å². The van der Waals surface area contributed by atoms with Gasteiger partial charge in [-0.25, -0.2) is 0 Å². The van der Waals surface area contributed by atoms with Gasteiger partial charge in [0.15, 0.2) is 0 Å². The summed E-state index contributed by atoms with van der Waals surface area (Å²) in [5, 5.41) is 0.794. The number of halogens is 2. The summed E-state index contributed by atoms with van der Waals surface area (Å²) >= 11 is 9.83. The van der Waals surface area contributed by atoms with E-state index in [1.165, 1.54) is 0 Å². The van der Waals surface area contributed by atoms with Crippen molar-refractivity contribution < 1.29 is 0 Å². The molecule has 2 rings (SSSR count). The molecule has 0 bridgehead atoms. The first kappa shape index (κ1) is 15.4. The lowest BCUT2D eigenvalue weighted by molar-refractivity contribution is 0.816. The van der Waals surface area contributed by atoms with Gasteiger partial charge >= 0.3 is 0 Å². The van der Waals surface area contributed by atoms with Crippen LogP contribution in [0.2, 0.25) is 5.02 Å². The zero-order valence-electron chi connectivity index (χ0n) is 11.6. The van der Waals surface area contributed by atoms with E-state index >= 15 is 0 Å². The SMILES string of the molecule is C[C@@H](N)c1ccc(N(C)Cc2ccccc2Cl)c(Br)c1. The van der Waals surface area contributed by atoms with Crippen LogP contribution in [0.4, 0.5) is 5.69 Å². The highest BCUT2D eigenvalue weighted by Gasteiger charge is 2.10. The molecule has 0 aromatic heterocycles. The highest BCUT2D eigenvalue weighted by Crippen LogP contribution is 2.30. The Bertz CT molecular complexity index is 599. The fraction of sp³-hybridized carbons (Fsp3) is 0.250. The number of anilines is 1. The lowest BCUT2D eigenvalue weighted by atomic mass is 10.1. The van der Waals surface area contributed by atoms with E-state index < -0.39 is 0 Å². The Balaban J connectivity index is 2.21. The highest BCUT2D eigenvalue weighted by molar-refractivity contribution is 9.10. The predicted molar refractivity (Wildman–Crippen MR) is 90.3 cm³/mol. The quantitative estimate of drug-likeness (QED) is 0.858. The Kier molecular flexibility index (Phi) is 5.08. The molecule has 0 saturated heterocycles. The molecule has 2 aromatic carbocycles. The second-order valence-corrected chi connectivity index (χ2v) is 6.21. The minimum absolute atomic E-state index is 0.0363. The van der Waals surface area contributed by atoms with Crippen molar-refractivity contribution in [1.29, 1.82) is 0 Å². The molecule has 2 N–H and O–H groups in total. The first-order valence-corrected chi connectivity index (χ1v) is 7.65. The molecule has 20 heavy (non-hydrogen) atoms. The number of hydrogen-bond acceptors (Lipinski definition) is 2. The Morgan fingerprint density at radius 3 is 2.55 bits per heavy atom. The van der Waals surface area contributed by atoms with Gasteiger partial charge in [-0.15, -0.1) is 0 Å². The topological polar surface area (TPSA) is 29.3 Å². The normalized spacial score (nSPS) is 12.2. The molecule has 0 saturated carbocycles. The van der Waals surface area contributed by atoms with Crippen molar-refractivity contribution in [2.75, 3.05) is 11.9 Å². The maximum absolute atomic E-state index is 6.21. The van der Waals surface area contributed by atoms with Crippen LogP contribution in [-0.2, 0) is 6.54 Å². The van der Waals surface area contributed by atoms with Crippen molar-refractivity contribution in [2.24, 2.45) is 5.73 Å². The van der Waals surface area contributed by atoms with E-state index in [-0.39, 0.29) is 6.04 Å². The summed E-state index contributed by atoms with van der Waals surface area (Å²) in [4.78, 5) is 2.16. The van der Waals surface area contributed by atoms with Gasteiger partial charge < -0.3 is 10.6 Å². The largest absolute Gasteiger partial charge is 0.369 e.